The molecule has 2 aromatic heterocycles. The first-order valence-electron chi connectivity index (χ1n) is 8.11. The van der Waals surface area contributed by atoms with E-state index in [0.29, 0.717) is 18.2 Å². The number of pyridine rings is 2. The van der Waals surface area contributed by atoms with Crippen LogP contribution >= 0.6 is 0 Å². The van der Waals surface area contributed by atoms with Gasteiger partial charge in [0.2, 0.25) is 0 Å². The Morgan fingerprint density at radius 2 is 2.22 bits per heavy atom. The normalized spacial score (nSPS) is 17.8. The number of rotatable bonds is 4. The maximum Gasteiger partial charge on any atom is 0.270 e. The van der Waals surface area contributed by atoms with E-state index in [9.17, 15) is 4.79 Å². The highest BCUT2D eigenvalue weighted by Crippen LogP contribution is 2.22. The van der Waals surface area contributed by atoms with Crippen molar-refractivity contribution in [2.75, 3.05) is 18.0 Å². The fraction of sp³-hybridized carbons (Fsp3) is 0.389. The maximum atomic E-state index is 12.1. The summed E-state index contributed by atoms with van der Waals surface area (Å²) in [5, 5.41) is 2.84. The van der Waals surface area contributed by atoms with Crippen molar-refractivity contribution in [2.45, 2.75) is 26.3 Å². The summed E-state index contributed by atoms with van der Waals surface area (Å²) in [6, 6.07) is 9.42. The molecule has 5 nitrogen and oxygen atoms in total. The lowest BCUT2D eigenvalue weighted by Crippen LogP contribution is -2.34. The molecule has 0 radical (unpaired) electrons. The average molecular weight is 310 g/mol. The second-order valence-corrected chi connectivity index (χ2v) is 6.10. The van der Waals surface area contributed by atoms with Gasteiger partial charge in [-0.1, -0.05) is 13.0 Å². The van der Waals surface area contributed by atoms with Crippen LogP contribution in [0.15, 0.2) is 42.7 Å². The van der Waals surface area contributed by atoms with Crippen LogP contribution in [-0.4, -0.2) is 29.0 Å². The second-order valence-electron chi connectivity index (χ2n) is 6.10. The molecule has 1 atom stereocenters. The molecule has 1 aliphatic heterocycles. The minimum Gasteiger partial charge on any atom is -0.370 e. The van der Waals surface area contributed by atoms with Crippen molar-refractivity contribution in [2.24, 2.45) is 5.92 Å². The van der Waals surface area contributed by atoms with Crippen molar-refractivity contribution < 1.29 is 4.79 Å². The van der Waals surface area contributed by atoms with Gasteiger partial charge < -0.3 is 10.2 Å². The van der Waals surface area contributed by atoms with E-state index in [2.05, 4.69) is 27.1 Å². The number of nitrogens with one attached hydrogen (secondary N) is 1. The van der Waals surface area contributed by atoms with Crippen LogP contribution < -0.4 is 10.2 Å². The Balaban J connectivity index is 1.59. The van der Waals surface area contributed by atoms with Gasteiger partial charge in [0.05, 0.1) is 24.1 Å². The Morgan fingerprint density at radius 3 is 2.91 bits per heavy atom. The molecule has 5 heteroatoms. The van der Waals surface area contributed by atoms with Gasteiger partial charge in [0.15, 0.2) is 0 Å². The van der Waals surface area contributed by atoms with Crippen molar-refractivity contribution in [1.29, 1.82) is 0 Å². The zero-order valence-electron chi connectivity index (χ0n) is 13.4. The number of carbonyl (C=O) groups excluding carboxylic acids is 1. The van der Waals surface area contributed by atoms with E-state index in [1.54, 1.807) is 18.5 Å². The van der Waals surface area contributed by atoms with Gasteiger partial charge in [-0.3, -0.25) is 9.78 Å². The molecule has 1 aliphatic rings. The smallest absolute Gasteiger partial charge is 0.270 e. The summed E-state index contributed by atoms with van der Waals surface area (Å²) in [5.74, 6) is 0.541. The maximum absolute atomic E-state index is 12.1. The van der Waals surface area contributed by atoms with Crippen LogP contribution in [-0.2, 0) is 6.54 Å². The third-order valence-corrected chi connectivity index (χ3v) is 4.16. The predicted octanol–water partition coefficient (Wildman–Crippen LogP) is 2.64. The Kier molecular flexibility index (Phi) is 4.86. The molecule has 1 fully saturated rings. The number of aromatic nitrogens is 2. The van der Waals surface area contributed by atoms with Crippen molar-refractivity contribution in [1.82, 2.24) is 15.3 Å². The first-order chi connectivity index (χ1) is 11.2. The van der Waals surface area contributed by atoms with Crippen molar-refractivity contribution in [3.8, 4) is 0 Å². The van der Waals surface area contributed by atoms with Crippen LogP contribution in [0.25, 0.3) is 0 Å². The number of anilines is 1. The fourth-order valence-corrected chi connectivity index (χ4v) is 2.90. The summed E-state index contributed by atoms with van der Waals surface area (Å²) in [6.07, 6.45) is 6.02. The van der Waals surface area contributed by atoms with E-state index in [1.165, 1.54) is 12.8 Å². The van der Waals surface area contributed by atoms with Crippen molar-refractivity contribution in [3.05, 3.63) is 54.1 Å². The molecule has 1 saturated heterocycles. The van der Waals surface area contributed by atoms with Crippen molar-refractivity contribution >= 4 is 11.6 Å². The van der Waals surface area contributed by atoms with Crippen LogP contribution in [0.2, 0.25) is 0 Å². The molecular weight excluding hydrogens is 288 g/mol. The number of nitrogens with zero attached hydrogens (tertiary/aromatic N) is 3. The van der Waals surface area contributed by atoms with Gasteiger partial charge in [-0.05, 0) is 43.0 Å². The van der Waals surface area contributed by atoms with E-state index >= 15 is 0 Å². The first kappa shape index (κ1) is 15.5. The topological polar surface area (TPSA) is 58.1 Å². The van der Waals surface area contributed by atoms with Gasteiger partial charge in [-0.25, -0.2) is 4.98 Å². The van der Waals surface area contributed by atoms with Crippen molar-refractivity contribution in [3.63, 3.8) is 0 Å². The Bertz CT molecular complexity index is 642. The number of amides is 1. The van der Waals surface area contributed by atoms with Gasteiger partial charge in [0.1, 0.15) is 5.69 Å². The number of hydrogen-bond acceptors (Lipinski definition) is 4. The number of carbonyl (C=O) groups is 1. The van der Waals surface area contributed by atoms with E-state index in [1.807, 2.05) is 24.3 Å². The molecule has 1 N–H and O–H groups in total. The molecule has 0 aliphatic carbocycles. The van der Waals surface area contributed by atoms with Gasteiger partial charge in [0.25, 0.3) is 5.91 Å². The molecule has 0 bridgehead atoms. The van der Waals surface area contributed by atoms with E-state index in [-0.39, 0.29) is 5.91 Å². The van der Waals surface area contributed by atoms with Gasteiger partial charge in [-0.2, -0.15) is 0 Å². The number of piperidine rings is 1. The summed E-state index contributed by atoms with van der Waals surface area (Å²) in [7, 11) is 0. The molecule has 2 aromatic rings. The fourth-order valence-electron chi connectivity index (χ4n) is 2.90. The van der Waals surface area contributed by atoms with Gasteiger partial charge in [0, 0.05) is 19.3 Å². The highest BCUT2D eigenvalue weighted by molar-refractivity contribution is 5.92. The third-order valence-electron chi connectivity index (χ3n) is 4.16. The quantitative estimate of drug-likeness (QED) is 0.943. The van der Waals surface area contributed by atoms with Crippen LogP contribution in [0.1, 0.15) is 35.9 Å². The Labute approximate surface area is 136 Å². The Hall–Kier alpha value is -2.43. The number of hydrogen-bond donors (Lipinski definition) is 1. The molecule has 1 amide bonds. The van der Waals surface area contributed by atoms with E-state index in [0.717, 1.165) is 24.5 Å². The largest absolute Gasteiger partial charge is 0.370 e. The summed E-state index contributed by atoms with van der Waals surface area (Å²) < 4.78 is 0. The molecule has 0 spiro atoms. The Morgan fingerprint density at radius 1 is 1.30 bits per heavy atom. The highest BCUT2D eigenvalue weighted by atomic mass is 16.1. The molecule has 3 heterocycles. The summed E-state index contributed by atoms with van der Waals surface area (Å²) in [5.41, 5.74) is 2.37. The van der Waals surface area contributed by atoms with Gasteiger partial charge in [-0.15, -0.1) is 0 Å². The molecule has 0 saturated carbocycles. The average Bonchev–Trinajstić information content (AvgIpc) is 2.61. The van der Waals surface area contributed by atoms with Crippen LogP contribution in [0, 0.1) is 5.92 Å². The lowest BCUT2D eigenvalue weighted by atomic mass is 10.00. The molecule has 120 valence electrons. The predicted molar refractivity (Wildman–Crippen MR) is 90.3 cm³/mol. The van der Waals surface area contributed by atoms with Crippen LogP contribution in [0.4, 0.5) is 5.69 Å². The summed E-state index contributed by atoms with van der Waals surface area (Å²) >= 11 is 0. The summed E-state index contributed by atoms with van der Waals surface area (Å²) in [6.45, 7) is 4.82. The highest BCUT2D eigenvalue weighted by Gasteiger charge is 2.17. The molecular formula is C18H22N4O. The SMILES string of the molecule is CC1CCCN(c2ccc(C(=O)NCc3ccccn3)nc2)C1. The van der Waals surface area contributed by atoms with E-state index in [4.69, 9.17) is 0 Å². The lowest BCUT2D eigenvalue weighted by Gasteiger charge is -2.32. The zero-order valence-corrected chi connectivity index (χ0v) is 13.4. The molecule has 3 rings (SSSR count). The minimum absolute atomic E-state index is 0.172. The standard InChI is InChI=1S/C18H22N4O/c1-14-5-4-10-22(13-14)16-7-8-17(20-12-16)18(23)21-11-15-6-2-3-9-19-15/h2-3,6-9,12,14H,4-5,10-11,13H2,1H3,(H,21,23). The van der Waals surface area contributed by atoms with E-state index < -0.39 is 0 Å². The molecule has 23 heavy (non-hydrogen) atoms. The monoisotopic (exact) mass is 310 g/mol. The van der Waals surface area contributed by atoms with Crippen LogP contribution in [0.5, 0.6) is 0 Å². The third kappa shape index (κ3) is 4.06. The first-order valence-corrected chi connectivity index (χ1v) is 8.11. The lowest BCUT2D eigenvalue weighted by molar-refractivity contribution is 0.0945. The molecule has 1 unspecified atom stereocenters. The summed E-state index contributed by atoms with van der Waals surface area (Å²) in [4.78, 5) is 23.0. The van der Waals surface area contributed by atoms with Gasteiger partial charge >= 0.3 is 0 Å². The second kappa shape index (κ2) is 7.22. The minimum atomic E-state index is -0.172. The zero-order chi connectivity index (χ0) is 16.1. The van der Waals surface area contributed by atoms with Crippen LogP contribution in [0.3, 0.4) is 0 Å². The molecule has 0 aromatic carbocycles.